The largest absolute Gasteiger partial charge is 0.465 e. The second kappa shape index (κ2) is 7.94. The maximum absolute atomic E-state index is 11.4. The Morgan fingerprint density at radius 1 is 1.30 bits per heavy atom. The molecule has 1 atom stereocenters. The molecule has 1 amide bonds. The van der Waals surface area contributed by atoms with Crippen molar-refractivity contribution in [3.8, 4) is 11.8 Å². The quantitative estimate of drug-likeness (QED) is 0.692. The topological polar surface area (TPSA) is 90.9 Å². The van der Waals surface area contributed by atoms with E-state index in [1.54, 1.807) is 41.2 Å². The number of nitriles is 1. The molecule has 2 aromatic carbocycles. The lowest BCUT2D eigenvalue weighted by molar-refractivity contribution is 0.189. The first-order chi connectivity index (χ1) is 13.0. The number of amides is 1. The van der Waals surface area contributed by atoms with Crippen molar-refractivity contribution in [1.82, 2.24) is 15.1 Å². The van der Waals surface area contributed by atoms with Gasteiger partial charge in [-0.3, -0.25) is 0 Å². The first-order valence-electron chi connectivity index (χ1n) is 8.27. The molecule has 0 spiro atoms. The zero-order valence-corrected chi connectivity index (χ0v) is 15.3. The number of carbonyl (C=O) groups is 1. The van der Waals surface area contributed by atoms with Crippen LogP contribution in [-0.4, -0.2) is 21.0 Å². The van der Waals surface area contributed by atoms with Gasteiger partial charge in [0.1, 0.15) is 0 Å². The minimum atomic E-state index is -1.13. The van der Waals surface area contributed by atoms with Gasteiger partial charge in [-0.2, -0.15) is 10.4 Å². The Bertz CT molecular complexity index is 1010. The van der Waals surface area contributed by atoms with Crippen LogP contribution in [0, 0.1) is 18.3 Å². The van der Waals surface area contributed by atoms with Crippen LogP contribution in [0.3, 0.4) is 0 Å². The van der Waals surface area contributed by atoms with Crippen LogP contribution in [0.15, 0.2) is 54.7 Å². The average Bonchev–Trinajstić information content (AvgIpc) is 3.04. The lowest BCUT2D eigenvalue weighted by atomic mass is 10.0. The zero-order chi connectivity index (χ0) is 19.4. The number of hydrogen-bond donors (Lipinski definition) is 2. The van der Waals surface area contributed by atoms with Crippen molar-refractivity contribution in [3.63, 3.8) is 0 Å². The Hall–Kier alpha value is -3.30. The van der Waals surface area contributed by atoms with E-state index >= 15 is 0 Å². The van der Waals surface area contributed by atoms with Crippen LogP contribution in [0.4, 0.5) is 4.79 Å². The number of nitrogens with one attached hydrogen (secondary N) is 1. The van der Waals surface area contributed by atoms with Crippen molar-refractivity contribution in [1.29, 1.82) is 5.26 Å². The summed E-state index contributed by atoms with van der Waals surface area (Å²) in [5.74, 6) is 0. The van der Waals surface area contributed by atoms with Crippen molar-refractivity contribution >= 4 is 17.7 Å². The van der Waals surface area contributed by atoms with E-state index in [0.29, 0.717) is 17.0 Å². The van der Waals surface area contributed by atoms with Crippen LogP contribution in [0.2, 0.25) is 5.02 Å². The molecule has 0 bridgehead atoms. The van der Waals surface area contributed by atoms with Gasteiger partial charge >= 0.3 is 6.09 Å². The molecule has 0 saturated heterocycles. The van der Waals surface area contributed by atoms with Crippen LogP contribution in [0.1, 0.15) is 28.4 Å². The van der Waals surface area contributed by atoms with Crippen molar-refractivity contribution in [2.45, 2.75) is 19.4 Å². The molecule has 6 nitrogen and oxygen atoms in total. The summed E-state index contributed by atoms with van der Waals surface area (Å²) in [5, 5.41) is 25.9. The fraction of sp³-hybridized carbons (Fsp3) is 0.150. The Balaban J connectivity index is 2.04. The number of carboxylic acid groups (broad SMARTS) is 1. The van der Waals surface area contributed by atoms with E-state index in [4.69, 9.17) is 16.9 Å². The SMILES string of the molecule is Cc1cnn(-c2ccc(C#N)cc2)c1[C@@H](Cc1ccccc1Cl)NC(=O)O. The van der Waals surface area contributed by atoms with Crippen LogP contribution >= 0.6 is 11.6 Å². The highest BCUT2D eigenvalue weighted by atomic mass is 35.5. The van der Waals surface area contributed by atoms with Gasteiger partial charge in [0.05, 0.1) is 35.3 Å². The van der Waals surface area contributed by atoms with Gasteiger partial charge in [-0.05, 0) is 54.8 Å². The molecule has 0 saturated carbocycles. The number of rotatable bonds is 5. The number of benzene rings is 2. The van der Waals surface area contributed by atoms with Crippen molar-refractivity contribution in [3.05, 3.63) is 82.1 Å². The first kappa shape index (κ1) is 18.5. The molecule has 1 heterocycles. The smallest absolute Gasteiger partial charge is 0.405 e. The second-order valence-corrected chi connectivity index (χ2v) is 6.49. The van der Waals surface area contributed by atoms with Crippen LogP contribution in [0.25, 0.3) is 5.69 Å². The standard InChI is InChI=1S/C20H17ClN4O2/c1-13-12-23-25(16-8-6-14(11-22)7-9-16)19(13)18(24-20(26)27)10-15-4-2-3-5-17(15)21/h2-9,12,18,24H,10H2,1H3,(H,26,27)/t18-/m1/s1. The number of aromatic nitrogens is 2. The summed E-state index contributed by atoms with van der Waals surface area (Å²) in [6, 6.07) is 15.8. The molecule has 0 fully saturated rings. The van der Waals surface area contributed by atoms with Gasteiger partial charge < -0.3 is 10.4 Å². The summed E-state index contributed by atoms with van der Waals surface area (Å²) in [5.41, 5.74) is 3.70. The highest BCUT2D eigenvalue weighted by molar-refractivity contribution is 6.31. The molecule has 2 N–H and O–H groups in total. The summed E-state index contributed by atoms with van der Waals surface area (Å²) < 4.78 is 1.69. The van der Waals surface area contributed by atoms with Gasteiger partial charge in [-0.1, -0.05) is 29.8 Å². The van der Waals surface area contributed by atoms with Gasteiger partial charge in [0.25, 0.3) is 0 Å². The van der Waals surface area contributed by atoms with Crippen molar-refractivity contribution < 1.29 is 9.90 Å². The second-order valence-electron chi connectivity index (χ2n) is 6.08. The van der Waals surface area contributed by atoms with E-state index in [9.17, 15) is 9.90 Å². The average molecular weight is 381 g/mol. The third kappa shape index (κ3) is 4.10. The molecular weight excluding hydrogens is 364 g/mol. The third-order valence-corrected chi connectivity index (χ3v) is 4.62. The lowest BCUT2D eigenvalue weighted by Crippen LogP contribution is -2.30. The zero-order valence-electron chi connectivity index (χ0n) is 14.6. The third-order valence-electron chi connectivity index (χ3n) is 4.25. The minimum absolute atomic E-state index is 0.384. The molecule has 3 aromatic rings. The van der Waals surface area contributed by atoms with E-state index in [1.807, 2.05) is 25.1 Å². The molecule has 0 unspecified atom stereocenters. The van der Waals surface area contributed by atoms with Gasteiger partial charge in [-0.25, -0.2) is 9.48 Å². The van der Waals surface area contributed by atoms with Gasteiger partial charge in [0, 0.05) is 5.02 Å². The monoisotopic (exact) mass is 380 g/mol. The predicted octanol–water partition coefficient (Wildman–Crippen LogP) is 4.26. The fourth-order valence-electron chi connectivity index (χ4n) is 2.99. The predicted molar refractivity (Wildman–Crippen MR) is 102 cm³/mol. The lowest BCUT2D eigenvalue weighted by Gasteiger charge is -2.20. The van der Waals surface area contributed by atoms with E-state index in [0.717, 1.165) is 22.5 Å². The number of aryl methyl sites for hydroxylation is 1. The normalized spacial score (nSPS) is 11.6. The van der Waals surface area contributed by atoms with Gasteiger partial charge in [-0.15, -0.1) is 0 Å². The minimum Gasteiger partial charge on any atom is -0.465 e. The van der Waals surface area contributed by atoms with E-state index < -0.39 is 12.1 Å². The van der Waals surface area contributed by atoms with Gasteiger partial charge in [0.2, 0.25) is 0 Å². The summed E-state index contributed by atoms with van der Waals surface area (Å²) in [6.45, 7) is 1.88. The van der Waals surface area contributed by atoms with E-state index in [-0.39, 0.29) is 0 Å². The molecule has 0 aliphatic heterocycles. The number of nitrogens with zero attached hydrogens (tertiary/aromatic N) is 3. The molecule has 0 aliphatic carbocycles. The molecule has 0 aliphatic rings. The fourth-order valence-corrected chi connectivity index (χ4v) is 3.21. The molecule has 27 heavy (non-hydrogen) atoms. The molecule has 1 aromatic heterocycles. The van der Waals surface area contributed by atoms with E-state index in [1.165, 1.54) is 0 Å². The maximum atomic E-state index is 11.4. The number of halogens is 1. The molecule has 7 heteroatoms. The van der Waals surface area contributed by atoms with Gasteiger partial charge in [0.15, 0.2) is 0 Å². The Labute approximate surface area is 161 Å². The highest BCUT2D eigenvalue weighted by Gasteiger charge is 2.23. The summed E-state index contributed by atoms with van der Waals surface area (Å²) in [7, 11) is 0. The van der Waals surface area contributed by atoms with Crippen LogP contribution < -0.4 is 5.32 Å². The Morgan fingerprint density at radius 3 is 2.63 bits per heavy atom. The summed E-state index contributed by atoms with van der Waals surface area (Å²) in [4.78, 5) is 11.4. The van der Waals surface area contributed by atoms with Crippen LogP contribution in [-0.2, 0) is 6.42 Å². The molecule has 3 rings (SSSR count). The molecular formula is C20H17ClN4O2. The maximum Gasteiger partial charge on any atom is 0.405 e. The molecule has 0 radical (unpaired) electrons. The Morgan fingerprint density at radius 2 is 2.00 bits per heavy atom. The van der Waals surface area contributed by atoms with E-state index in [2.05, 4.69) is 16.5 Å². The van der Waals surface area contributed by atoms with Crippen molar-refractivity contribution in [2.24, 2.45) is 0 Å². The first-order valence-corrected chi connectivity index (χ1v) is 8.65. The van der Waals surface area contributed by atoms with Crippen LogP contribution in [0.5, 0.6) is 0 Å². The Kier molecular flexibility index (Phi) is 5.43. The number of hydrogen-bond acceptors (Lipinski definition) is 3. The van der Waals surface area contributed by atoms with Crippen molar-refractivity contribution in [2.75, 3.05) is 0 Å². The summed E-state index contributed by atoms with van der Waals surface area (Å²) >= 11 is 6.27. The summed E-state index contributed by atoms with van der Waals surface area (Å²) in [6.07, 6.45) is 0.949. The highest BCUT2D eigenvalue weighted by Crippen LogP contribution is 2.27. The molecule has 136 valence electrons.